The molecule has 2 atom stereocenters. The van der Waals surface area contributed by atoms with Crippen LogP contribution in [0.1, 0.15) is 37.5 Å². The third-order valence-electron chi connectivity index (χ3n) is 2.62. The molecule has 1 heterocycles. The van der Waals surface area contributed by atoms with Gasteiger partial charge in [0.15, 0.2) is 0 Å². The van der Waals surface area contributed by atoms with Crippen LogP contribution in [0.25, 0.3) is 0 Å². The van der Waals surface area contributed by atoms with Crippen molar-refractivity contribution in [3.8, 4) is 0 Å². The summed E-state index contributed by atoms with van der Waals surface area (Å²) in [5.74, 6) is -1.93. The van der Waals surface area contributed by atoms with Crippen LogP contribution in [0, 0.1) is 12.8 Å². The van der Waals surface area contributed by atoms with Gasteiger partial charge < -0.3 is 4.42 Å². The quantitative estimate of drug-likeness (QED) is 0.741. The molecule has 1 nitrogen and oxygen atoms in total. The molecule has 0 aromatic carbocycles. The van der Waals surface area contributed by atoms with Gasteiger partial charge in [-0.05, 0) is 24.5 Å². The highest BCUT2D eigenvalue weighted by Gasteiger charge is 2.45. The molecular formula is C11H15F3O. The molecule has 0 aliphatic heterocycles. The van der Waals surface area contributed by atoms with Crippen molar-refractivity contribution < 1.29 is 17.6 Å². The predicted octanol–water partition coefficient (Wildman–Crippen LogP) is 4.28. The molecule has 1 rings (SSSR count). The standard InChI is InChI=1S/C11H15F3O/c1-4-8(3)10(11(12,13)14)9-5-7(2)6-15-9/h5-6,8,10H,4H2,1-3H3/t8?,10-/m0/s1. The van der Waals surface area contributed by atoms with Gasteiger partial charge >= 0.3 is 6.18 Å². The van der Waals surface area contributed by atoms with Crippen molar-refractivity contribution in [2.24, 2.45) is 5.92 Å². The summed E-state index contributed by atoms with van der Waals surface area (Å²) in [7, 11) is 0. The molecule has 1 unspecified atom stereocenters. The highest BCUT2D eigenvalue weighted by molar-refractivity contribution is 5.16. The second kappa shape index (κ2) is 4.29. The molecule has 0 aliphatic rings. The minimum Gasteiger partial charge on any atom is -0.468 e. The van der Waals surface area contributed by atoms with Gasteiger partial charge in [-0.1, -0.05) is 20.3 Å². The predicted molar refractivity (Wildman–Crippen MR) is 51.7 cm³/mol. The Morgan fingerprint density at radius 1 is 1.40 bits per heavy atom. The summed E-state index contributed by atoms with van der Waals surface area (Å²) < 4.78 is 43.3. The smallest absolute Gasteiger partial charge is 0.399 e. The van der Waals surface area contributed by atoms with Crippen LogP contribution in [0.2, 0.25) is 0 Å². The maximum atomic E-state index is 12.8. The first-order valence-electron chi connectivity index (χ1n) is 4.98. The second-order valence-corrected chi connectivity index (χ2v) is 3.93. The lowest BCUT2D eigenvalue weighted by molar-refractivity contribution is -0.165. The van der Waals surface area contributed by atoms with Gasteiger partial charge in [0.05, 0.1) is 6.26 Å². The van der Waals surface area contributed by atoms with Gasteiger partial charge in [0, 0.05) is 0 Å². The van der Waals surface area contributed by atoms with E-state index in [9.17, 15) is 13.2 Å². The molecule has 4 heteroatoms. The largest absolute Gasteiger partial charge is 0.468 e. The monoisotopic (exact) mass is 220 g/mol. The molecular weight excluding hydrogens is 205 g/mol. The molecule has 0 saturated carbocycles. The zero-order valence-electron chi connectivity index (χ0n) is 9.06. The second-order valence-electron chi connectivity index (χ2n) is 3.93. The lowest BCUT2D eigenvalue weighted by Crippen LogP contribution is -2.26. The van der Waals surface area contributed by atoms with Crippen molar-refractivity contribution in [3.05, 3.63) is 23.7 Å². The molecule has 86 valence electrons. The number of furan rings is 1. The third-order valence-corrected chi connectivity index (χ3v) is 2.62. The van der Waals surface area contributed by atoms with Crippen LogP contribution in [0.5, 0.6) is 0 Å². The van der Waals surface area contributed by atoms with E-state index in [1.165, 1.54) is 12.3 Å². The first-order chi connectivity index (χ1) is 6.86. The van der Waals surface area contributed by atoms with E-state index in [2.05, 4.69) is 0 Å². The van der Waals surface area contributed by atoms with E-state index in [4.69, 9.17) is 4.42 Å². The molecule has 0 radical (unpaired) electrons. The number of alkyl halides is 3. The molecule has 0 N–H and O–H groups in total. The lowest BCUT2D eigenvalue weighted by atomic mass is 9.89. The molecule has 0 saturated heterocycles. The first kappa shape index (κ1) is 12.1. The molecule has 0 amide bonds. The Morgan fingerprint density at radius 2 is 2.00 bits per heavy atom. The Hall–Kier alpha value is -0.930. The van der Waals surface area contributed by atoms with Crippen molar-refractivity contribution in [1.29, 1.82) is 0 Å². The Labute approximate surface area is 87.3 Å². The van der Waals surface area contributed by atoms with E-state index < -0.39 is 18.0 Å². The van der Waals surface area contributed by atoms with Gasteiger partial charge in [-0.15, -0.1) is 0 Å². The topological polar surface area (TPSA) is 13.1 Å². The SMILES string of the molecule is CCC(C)[C@@H](c1cc(C)co1)C(F)(F)F. The van der Waals surface area contributed by atoms with E-state index in [1.807, 2.05) is 0 Å². The van der Waals surface area contributed by atoms with Gasteiger partial charge in [0.25, 0.3) is 0 Å². The summed E-state index contributed by atoms with van der Waals surface area (Å²) in [6, 6.07) is 1.46. The van der Waals surface area contributed by atoms with Crippen LogP contribution in [-0.2, 0) is 0 Å². The zero-order chi connectivity index (χ0) is 11.6. The van der Waals surface area contributed by atoms with E-state index in [1.54, 1.807) is 20.8 Å². The van der Waals surface area contributed by atoms with Crippen LogP contribution < -0.4 is 0 Å². The average Bonchev–Trinajstić information content (AvgIpc) is 2.49. The van der Waals surface area contributed by atoms with Crippen LogP contribution >= 0.6 is 0 Å². The summed E-state index contributed by atoms with van der Waals surface area (Å²) in [6.07, 6.45) is -2.40. The molecule has 0 spiro atoms. The average molecular weight is 220 g/mol. The molecule has 0 fully saturated rings. The Morgan fingerprint density at radius 3 is 2.33 bits per heavy atom. The highest BCUT2D eigenvalue weighted by Crippen LogP contribution is 2.41. The third kappa shape index (κ3) is 2.76. The summed E-state index contributed by atoms with van der Waals surface area (Å²) in [6.45, 7) is 5.06. The van der Waals surface area contributed by atoms with Gasteiger partial charge in [0.1, 0.15) is 11.7 Å². The first-order valence-corrected chi connectivity index (χ1v) is 4.98. The fourth-order valence-electron chi connectivity index (χ4n) is 1.62. The van der Waals surface area contributed by atoms with Crippen molar-refractivity contribution in [1.82, 2.24) is 0 Å². The Kier molecular flexibility index (Phi) is 3.47. The van der Waals surface area contributed by atoms with Crippen LogP contribution in [-0.4, -0.2) is 6.18 Å². The fourth-order valence-corrected chi connectivity index (χ4v) is 1.62. The van der Waals surface area contributed by atoms with E-state index in [0.717, 1.165) is 5.56 Å². The Bertz CT molecular complexity index is 314. The number of hydrogen-bond donors (Lipinski definition) is 0. The van der Waals surface area contributed by atoms with Gasteiger partial charge in [-0.3, -0.25) is 0 Å². The molecule has 0 aliphatic carbocycles. The number of hydrogen-bond acceptors (Lipinski definition) is 1. The summed E-state index contributed by atoms with van der Waals surface area (Å²) in [5, 5.41) is 0. The maximum Gasteiger partial charge on any atom is 0.399 e. The van der Waals surface area contributed by atoms with Crippen molar-refractivity contribution >= 4 is 0 Å². The van der Waals surface area contributed by atoms with E-state index in [-0.39, 0.29) is 5.76 Å². The minimum absolute atomic E-state index is 0.0225. The fraction of sp³-hybridized carbons (Fsp3) is 0.636. The molecule has 1 aromatic heterocycles. The van der Waals surface area contributed by atoms with Crippen molar-refractivity contribution in [2.75, 3.05) is 0 Å². The van der Waals surface area contributed by atoms with Gasteiger partial charge in [0.2, 0.25) is 0 Å². The van der Waals surface area contributed by atoms with Crippen molar-refractivity contribution in [2.45, 2.75) is 39.3 Å². The normalized spacial score (nSPS) is 16.4. The highest BCUT2D eigenvalue weighted by atomic mass is 19.4. The van der Waals surface area contributed by atoms with Crippen LogP contribution in [0.4, 0.5) is 13.2 Å². The van der Waals surface area contributed by atoms with Crippen LogP contribution in [0.15, 0.2) is 16.7 Å². The molecule has 0 bridgehead atoms. The Balaban J connectivity index is 3.01. The molecule has 1 aromatic rings. The van der Waals surface area contributed by atoms with Crippen LogP contribution in [0.3, 0.4) is 0 Å². The van der Waals surface area contributed by atoms with E-state index in [0.29, 0.717) is 6.42 Å². The van der Waals surface area contributed by atoms with Gasteiger partial charge in [-0.25, -0.2) is 0 Å². The zero-order valence-corrected chi connectivity index (χ0v) is 9.06. The van der Waals surface area contributed by atoms with E-state index >= 15 is 0 Å². The summed E-state index contributed by atoms with van der Waals surface area (Å²) in [5.41, 5.74) is 0.725. The summed E-state index contributed by atoms with van der Waals surface area (Å²) in [4.78, 5) is 0. The van der Waals surface area contributed by atoms with Gasteiger partial charge in [-0.2, -0.15) is 13.2 Å². The summed E-state index contributed by atoms with van der Waals surface area (Å²) >= 11 is 0. The number of aryl methyl sites for hydroxylation is 1. The minimum atomic E-state index is -4.24. The van der Waals surface area contributed by atoms with Crippen molar-refractivity contribution in [3.63, 3.8) is 0 Å². The number of rotatable bonds is 3. The maximum absolute atomic E-state index is 12.8. The number of halogens is 3. The lowest BCUT2D eigenvalue weighted by Gasteiger charge is -2.23. The molecule has 15 heavy (non-hydrogen) atoms.